The zero-order chi connectivity index (χ0) is 28.7. The lowest BCUT2D eigenvalue weighted by Gasteiger charge is -2.51. The Kier molecular flexibility index (Phi) is 8.39. The summed E-state index contributed by atoms with van der Waals surface area (Å²) in [4.78, 5) is 27.0. The largest absolute Gasteiger partial charge is 0.497 e. The minimum Gasteiger partial charge on any atom is -0.497 e. The highest BCUT2D eigenvalue weighted by molar-refractivity contribution is 6.17. The fraction of sp³-hybridized carbons (Fsp3) is 0.655. The lowest BCUT2D eigenvalue weighted by atomic mass is 9.80. The third kappa shape index (κ3) is 6.57. The van der Waals surface area contributed by atoms with Gasteiger partial charge >= 0.3 is 11.9 Å². The molecule has 2 aliphatic rings. The van der Waals surface area contributed by atoms with Crippen molar-refractivity contribution in [3.8, 4) is 5.75 Å². The molecule has 0 atom stereocenters. The first-order valence-electron chi connectivity index (χ1n) is 13.1. The summed E-state index contributed by atoms with van der Waals surface area (Å²) in [5.41, 5.74) is -2.08. The van der Waals surface area contributed by atoms with Crippen molar-refractivity contribution in [2.75, 3.05) is 7.11 Å². The topological polar surface area (TPSA) is 109 Å². The van der Waals surface area contributed by atoms with Crippen molar-refractivity contribution >= 4 is 18.0 Å². The van der Waals surface area contributed by atoms with E-state index in [0.29, 0.717) is 37.0 Å². The highest BCUT2D eigenvalue weighted by Gasteiger charge is 2.48. The van der Waals surface area contributed by atoms with Gasteiger partial charge in [0.1, 0.15) is 23.5 Å². The molecule has 0 amide bonds. The summed E-state index contributed by atoms with van der Waals surface area (Å²) in [7, 11) is 1.56. The number of ether oxygens (including phenoxy) is 3. The second-order valence-electron chi connectivity index (χ2n) is 13.1. The van der Waals surface area contributed by atoms with Crippen LogP contribution in [0.2, 0.25) is 0 Å². The highest BCUT2D eigenvalue weighted by atomic mass is 16.6. The average Bonchev–Trinajstić information content (AvgIpc) is 2.78. The Morgan fingerprint density at radius 1 is 0.737 bits per heavy atom. The van der Waals surface area contributed by atoms with E-state index in [1.54, 1.807) is 31.4 Å². The molecule has 0 bridgehead atoms. The number of nitrogens with zero attached hydrogens (tertiary/aromatic N) is 2. The molecule has 1 aromatic rings. The Hall–Kier alpha value is -2.46. The molecule has 0 aliphatic carbocycles. The maximum atomic E-state index is 13.5. The van der Waals surface area contributed by atoms with E-state index >= 15 is 0 Å². The van der Waals surface area contributed by atoms with Crippen LogP contribution in [0.25, 0.3) is 6.08 Å². The Bertz CT molecular complexity index is 965. The number of hydrogen-bond donors (Lipinski definition) is 2. The summed E-state index contributed by atoms with van der Waals surface area (Å²) < 4.78 is 17.0. The smallest absolute Gasteiger partial charge is 0.345 e. The van der Waals surface area contributed by atoms with Crippen molar-refractivity contribution in [3.05, 3.63) is 35.4 Å². The molecule has 0 aromatic heterocycles. The van der Waals surface area contributed by atoms with Gasteiger partial charge in [-0.3, -0.25) is 0 Å². The quantitative estimate of drug-likeness (QED) is 0.227. The van der Waals surface area contributed by atoms with E-state index in [1.165, 1.54) is 16.2 Å². The molecule has 0 unspecified atom stereocenters. The maximum Gasteiger partial charge on any atom is 0.345 e. The Morgan fingerprint density at radius 2 is 1.08 bits per heavy atom. The van der Waals surface area contributed by atoms with E-state index < -0.39 is 46.3 Å². The number of benzene rings is 1. The van der Waals surface area contributed by atoms with Crippen molar-refractivity contribution in [3.63, 3.8) is 0 Å². The van der Waals surface area contributed by atoms with Crippen molar-refractivity contribution in [2.24, 2.45) is 0 Å². The first-order chi connectivity index (χ1) is 17.4. The van der Waals surface area contributed by atoms with Crippen molar-refractivity contribution < 1.29 is 34.2 Å². The molecule has 0 saturated carbocycles. The van der Waals surface area contributed by atoms with E-state index in [2.05, 4.69) is 0 Å². The van der Waals surface area contributed by atoms with Crippen LogP contribution in [0.3, 0.4) is 0 Å². The maximum absolute atomic E-state index is 13.5. The van der Waals surface area contributed by atoms with Crippen LogP contribution in [-0.4, -0.2) is 74.0 Å². The molecule has 2 N–H and O–H groups in total. The highest BCUT2D eigenvalue weighted by Crippen LogP contribution is 2.40. The molecular formula is C29H44N2O7. The molecule has 9 heteroatoms. The minimum absolute atomic E-state index is 0.209. The van der Waals surface area contributed by atoms with Gasteiger partial charge in [-0.2, -0.15) is 10.1 Å². The van der Waals surface area contributed by atoms with Crippen LogP contribution in [0.4, 0.5) is 0 Å². The predicted octanol–water partition coefficient (Wildman–Crippen LogP) is 4.99. The Morgan fingerprint density at radius 3 is 1.39 bits per heavy atom. The van der Waals surface area contributed by atoms with Crippen molar-refractivity contribution in [1.29, 1.82) is 0 Å². The van der Waals surface area contributed by atoms with Gasteiger partial charge in [0.05, 0.1) is 7.11 Å². The Balaban J connectivity index is 1.88. The molecule has 9 nitrogen and oxygen atoms in total. The summed E-state index contributed by atoms with van der Waals surface area (Å²) in [6.45, 7) is 15.1. The number of piperidine rings is 2. The number of carbonyl (C=O) groups excluding carboxylic acids is 2. The molecule has 2 saturated heterocycles. The molecule has 2 fully saturated rings. The molecule has 212 valence electrons. The first kappa shape index (κ1) is 30.1. The molecule has 0 radical (unpaired) electrons. The fourth-order valence-electron chi connectivity index (χ4n) is 6.02. The number of methoxy groups -OCH3 is 1. The van der Waals surface area contributed by atoms with Crippen LogP contribution in [0.15, 0.2) is 29.8 Å². The van der Waals surface area contributed by atoms with Crippen LogP contribution >= 0.6 is 0 Å². The van der Waals surface area contributed by atoms with E-state index in [9.17, 15) is 20.0 Å². The Labute approximate surface area is 226 Å². The number of hydroxylamine groups is 4. The van der Waals surface area contributed by atoms with Gasteiger partial charge < -0.3 is 24.6 Å². The molecular weight excluding hydrogens is 488 g/mol. The predicted molar refractivity (Wildman–Crippen MR) is 143 cm³/mol. The zero-order valence-electron chi connectivity index (χ0n) is 24.2. The van der Waals surface area contributed by atoms with Gasteiger partial charge in [-0.25, -0.2) is 9.59 Å². The van der Waals surface area contributed by atoms with Gasteiger partial charge in [0.2, 0.25) is 0 Å². The third-order valence-electron chi connectivity index (χ3n) is 7.62. The minimum atomic E-state index is -0.771. The zero-order valence-corrected chi connectivity index (χ0v) is 24.2. The van der Waals surface area contributed by atoms with Crippen molar-refractivity contribution in [1.82, 2.24) is 10.1 Å². The van der Waals surface area contributed by atoms with E-state index in [-0.39, 0.29) is 5.57 Å². The van der Waals surface area contributed by atoms with Crippen LogP contribution < -0.4 is 4.74 Å². The lowest BCUT2D eigenvalue weighted by Crippen LogP contribution is -2.61. The molecule has 2 heterocycles. The molecule has 3 rings (SSSR count). The summed E-state index contributed by atoms with van der Waals surface area (Å²) in [6, 6.07) is 6.97. The van der Waals surface area contributed by atoms with E-state index in [4.69, 9.17) is 14.2 Å². The van der Waals surface area contributed by atoms with Gasteiger partial charge in [-0.05, 0) is 79.2 Å². The summed E-state index contributed by atoms with van der Waals surface area (Å²) in [5, 5.41) is 23.8. The normalized spacial score (nSPS) is 23.3. The summed E-state index contributed by atoms with van der Waals surface area (Å²) in [6.07, 6.45) is 2.08. The average molecular weight is 533 g/mol. The van der Waals surface area contributed by atoms with Gasteiger partial charge in [-0.15, -0.1) is 0 Å². The van der Waals surface area contributed by atoms with Gasteiger partial charge in [0.25, 0.3) is 0 Å². The van der Waals surface area contributed by atoms with Crippen molar-refractivity contribution in [2.45, 2.75) is 115 Å². The second kappa shape index (κ2) is 10.6. The van der Waals surface area contributed by atoms with Gasteiger partial charge in [0, 0.05) is 47.8 Å². The summed E-state index contributed by atoms with van der Waals surface area (Å²) in [5.74, 6) is -0.895. The fourth-order valence-corrected chi connectivity index (χ4v) is 6.02. The van der Waals surface area contributed by atoms with E-state index in [1.807, 2.05) is 55.4 Å². The SMILES string of the molecule is COc1ccc(C=C(C(=O)OC2CC(C)(C)N(O)C(C)(C)C2)C(=O)OC2CC(C)(C)N(O)C(C)(C)C2)cc1. The standard InChI is InChI=1S/C29H44N2O7/c1-26(2)15-21(16-27(3,4)30(26)34)37-24(32)23(14-19-10-12-20(36-9)13-11-19)25(33)38-22-17-28(5,6)31(35)29(7,8)18-22/h10-14,21-22,34-35H,15-18H2,1-9H3. The molecule has 1 aromatic carbocycles. The van der Waals surface area contributed by atoms with Crippen LogP contribution in [0.5, 0.6) is 5.75 Å². The number of hydrogen-bond acceptors (Lipinski definition) is 9. The number of rotatable bonds is 6. The molecule has 38 heavy (non-hydrogen) atoms. The van der Waals surface area contributed by atoms with Crippen LogP contribution in [-0.2, 0) is 19.1 Å². The number of carbonyl (C=O) groups is 2. The number of esters is 2. The van der Waals surface area contributed by atoms with Gasteiger partial charge in [-0.1, -0.05) is 12.1 Å². The lowest BCUT2D eigenvalue weighted by molar-refractivity contribution is -0.259. The van der Waals surface area contributed by atoms with Crippen LogP contribution in [0, 0.1) is 0 Å². The molecule has 2 aliphatic heterocycles. The first-order valence-corrected chi connectivity index (χ1v) is 13.1. The second-order valence-corrected chi connectivity index (χ2v) is 13.1. The van der Waals surface area contributed by atoms with E-state index in [0.717, 1.165) is 0 Å². The summed E-state index contributed by atoms with van der Waals surface area (Å²) >= 11 is 0. The molecule has 0 spiro atoms. The third-order valence-corrected chi connectivity index (χ3v) is 7.62. The van der Waals surface area contributed by atoms with Crippen LogP contribution in [0.1, 0.15) is 86.6 Å². The van der Waals surface area contributed by atoms with Gasteiger partial charge in [0.15, 0.2) is 0 Å². The monoisotopic (exact) mass is 532 g/mol.